The van der Waals surface area contributed by atoms with Crippen molar-refractivity contribution < 1.29 is 5.11 Å². The van der Waals surface area contributed by atoms with Crippen LogP contribution in [0, 0.1) is 28.6 Å². The summed E-state index contributed by atoms with van der Waals surface area (Å²) in [5.41, 5.74) is 2.26. The number of aliphatic hydroxyl groups excluding tert-OH is 1. The Kier molecular flexibility index (Phi) is 2.12. The van der Waals surface area contributed by atoms with Crippen LogP contribution in [-0.4, -0.2) is 11.7 Å². The number of allylic oxidation sites excluding steroid dienone is 2. The van der Waals surface area contributed by atoms with Gasteiger partial charge in [-0.1, -0.05) is 25.5 Å². The Hall–Kier alpha value is -0.300. The highest BCUT2D eigenvalue weighted by Crippen LogP contribution is 2.71. The van der Waals surface area contributed by atoms with Crippen molar-refractivity contribution in [2.75, 3.05) is 6.61 Å². The quantitative estimate of drug-likeness (QED) is 0.672. The second-order valence-electron chi connectivity index (χ2n) is 6.84. The maximum Gasteiger partial charge on any atom is 0.0493 e. The van der Waals surface area contributed by atoms with E-state index in [0.29, 0.717) is 17.9 Å². The molecule has 1 spiro atoms. The largest absolute Gasteiger partial charge is 0.396 e. The first-order chi connectivity index (χ1) is 7.54. The fourth-order valence-corrected chi connectivity index (χ4v) is 5.34. The second-order valence-corrected chi connectivity index (χ2v) is 6.84. The van der Waals surface area contributed by atoms with Crippen LogP contribution in [0.25, 0.3) is 0 Å². The molecule has 0 aliphatic heterocycles. The van der Waals surface area contributed by atoms with Crippen LogP contribution in [0.3, 0.4) is 0 Å². The Morgan fingerprint density at radius 1 is 1.44 bits per heavy atom. The maximum absolute atomic E-state index is 9.89. The van der Waals surface area contributed by atoms with Gasteiger partial charge < -0.3 is 5.11 Å². The smallest absolute Gasteiger partial charge is 0.0493 e. The lowest BCUT2D eigenvalue weighted by molar-refractivity contribution is 0.0509. The lowest BCUT2D eigenvalue weighted by Crippen LogP contribution is -2.35. The van der Waals surface area contributed by atoms with E-state index in [1.807, 2.05) is 0 Å². The summed E-state index contributed by atoms with van der Waals surface area (Å²) < 4.78 is 0. The fraction of sp³-hybridized carbons (Fsp3) is 0.867. The van der Waals surface area contributed by atoms with Crippen LogP contribution < -0.4 is 0 Å². The zero-order valence-electron chi connectivity index (χ0n) is 10.8. The third-order valence-corrected chi connectivity index (χ3v) is 6.43. The van der Waals surface area contributed by atoms with Crippen molar-refractivity contribution in [3.8, 4) is 0 Å². The molecule has 2 bridgehead atoms. The predicted octanol–water partition coefficient (Wildman–Crippen LogP) is 3.39. The Labute approximate surface area is 98.9 Å². The zero-order valence-corrected chi connectivity index (χ0v) is 10.8. The first-order valence-corrected chi connectivity index (χ1v) is 6.82. The standard InChI is InChI=1S/C15H24O/c1-10-6-7-15-8-12(10)14(3,9-16)13(15)5-4-11(15)2/h6,11-13,16H,4-5,7-9H2,1-3H3/t11-,12-,13+,14?,15-/m1/s1. The van der Waals surface area contributed by atoms with Crippen molar-refractivity contribution >= 4 is 0 Å². The summed E-state index contributed by atoms with van der Waals surface area (Å²) in [5, 5.41) is 9.89. The predicted molar refractivity (Wildman–Crippen MR) is 66.0 cm³/mol. The molecule has 0 aromatic rings. The molecule has 1 N–H and O–H groups in total. The first-order valence-electron chi connectivity index (χ1n) is 6.82. The van der Waals surface area contributed by atoms with Gasteiger partial charge in [0.1, 0.15) is 0 Å². The molecule has 0 radical (unpaired) electrons. The number of hydrogen-bond acceptors (Lipinski definition) is 1. The lowest BCUT2D eigenvalue weighted by atomic mass is 9.68. The lowest BCUT2D eigenvalue weighted by Gasteiger charge is -2.37. The van der Waals surface area contributed by atoms with Crippen LogP contribution in [0.4, 0.5) is 0 Å². The fourth-order valence-electron chi connectivity index (χ4n) is 5.34. The number of hydrogen-bond donors (Lipinski definition) is 1. The summed E-state index contributed by atoms with van der Waals surface area (Å²) in [6, 6.07) is 0. The minimum atomic E-state index is 0.168. The van der Waals surface area contributed by atoms with Crippen molar-refractivity contribution in [3.63, 3.8) is 0 Å². The molecule has 16 heavy (non-hydrogen) atoms. The summed E-state index contributed by atoms with van der Waals surface area (Å²) in [6.45, 7) is 7.43. The van der Waals surface area contributed by atoms with Gasteiger partial charge in [-0.3, -0.25) is 0 Å². The van der Waals surface area contributed by atoms with Gasteiger partial charge in [0.15, 0.2) is 0 Å². The minimum absolute atomic E-state index is 0.168. The summed E-state index contributed by atoms with van der Waals surface area (Å²) >= 11 is 0. The number of fused-ring (bicyclic) bond motifs is 1. The topological polar surface area (TPSA) is 20.2 Å². The van der Waals surface area contributed by atoms with E-state index in [1.54, 1.807) is 5.57 Å². The molecule has 2 fully saturated rings. The molecule has 0 aromatic heterocycles. The van der Waals surface area contributed by atoms with Gasteiger partial charge in [-0.05, 0) is 55.8 Å². The Bertz CT molecular complexity index is 345. The molecule has 0 amide bonds. The molecule has 1 unspecified atom stereocenters. The van der Waals surface area contributed by atoms with Crippen LogP contribution in [-0.2, 0) is 0 Å². The van der Waals surface area contributed by atoms with Crippen molar-refractivity contribution in [1.82, 2.24) is 0 Å². The van der Waals surface area contributed by atoms with E-state index < -0.39 is 0 Å². The minimum Gasteiger partial charge on any atom is -0.396 e. The van der Waals surface area contributed by atoms with Crippen LogP contribution in [0.2, 0.25) is 0 Å². The van der Waals surface area contributed by atoms with E-state index in [9.17, 15) is 5.11 Å². The molecule has 3 rings (SSSR count). The molecule has 2 saturated carbocycles. The highest BCUT2D eigenvalue weighted by atomic mass is 16.3. The molecule has 90 valence electrons. The third-order valence-electron chi connectivity index (χ3n) is 6.43. The SMILES string of the molecule is CC1=CC[C@]23C[C@H]1C(C)(CO)[C@@H]2CC[C@H]3C. The molecule has 3 aliphatic carbocycles. The molecule has 0 aromatic carbocycles. The van der Waals surface area contributed by atoms with Gasteiger partial charge >= 0.3 is 0 Å². The molecule has 1 heteroatoms. The summed E-state index contributed by atoms with van der Waals surface area (Å²) in [4.78, 5) is 0. The van der Waals surface area contributed by atoms with E-state index in [0.717, 1.165) is 11.8 Å². The average molecular weight is 220 g/mol. The Morgan fingerprint density at radius 3 is 2.88 bits per heavy atom. The van der Waals surface area contributed by atoms with Gasteiger partial charge in [0, 0.05) is 12.0 Å². The van der Waals surface area contributed by atoms with E-state index in [2.05, 4.69) is 26.8 Å². The van der Waals surface area contributed by atoms with E-state index in [-0.39, 0.29) is 5.41 Å². The van der Waals surface area contributed by atoms with E-state index in [4.69, 9.17) is 0 Å². The molecule has 5 atom stereocenters. The molecule has 0 heterocycles. The van der Waals surface area contributed by atoms with Crippen LogP contribution in [0.5, 0.6) is 0 Å². The van der Waals surface area contributed by atoms with Gasteiger partial charge in [0.05, 0.1) is 0 Å². The Morgan fingerprint density at radius 2 is 2.19 bits per heavy atom. The summed E-state index contributed by atoms with van der Waals surface area (Å²) in [7, 11) is 0. The van der Waals surface area contributed by atoms with Gasteiger partial charge in [-0.15, -0.1) is 0 Å². The van der Waals surface area contributed by atoms with Gasteiger partial charge in [0.2, 0.25) is 0 Å². The molecular formula is C15H24O. The Balaban J connectivity index is 2.10. The van der Waals surface area contributed by atoms with Crippen LogP contribution >= 0.6 is 0 Å². The molecule has 3 aliphatic rings. The highest BCUT2D eigenvalue weighted by molar-refractivity contribution is 5.26. The van der Waals surface area contributed by atoms with Gasteiger partial charge in [-0.25, -0.2) is 0 Å². The van der Waals surface area contributed by atoms with E-state index in [1.165, 1.54) is 25.7 Å². The third kappa shape index (κ3) is 1.01. The van der Waals surface area contributed by atoms with Crippen molar-refractivity contribution in [3.05, 3.63) is 11.6 Å². The monoisotopic (exact) mass is 220 g/mol. The van der Waals surface area contributed by atoms with Crippen LogP contribution in [0.1, 0.15) is 46.5 Å². The average Bonchev–Trinajstić information content (AvgIpc) is 2.70. The molecular weight excluding hydrogens is 196 g/mol. The summed E-state index contributed by atoms with van der Waals surface area (Å²) in [5.74, 6) is 2.27. The maximum atomic E-state index is 9.89. The number of aliphatic hydroxyl groups is 1. The number of rotatable bonds is 1. The van der Waals surface area contributed by atoms with Crippen molar-refractivity contribution in [2.45, 2.75) is 46.5 Å². The van der Waals surface area contributed by atoms with Crippen LogP contribution in [0.15, 0.2) is 11.6 Å². The summed E-state index contributed by atoms with van der Waals surface area (Å²) in [6.07, 6.45) is 7.81. The van der Waals surface area contributed by atoms with Crippen molar-refractivity contribution in [1.29, 1.82) is 0 Å². The van der Waals surface area contributed by atoms with E-state index >= 15 is 0 Å². The molecule has 1 nitrogen and oxygen atoms in total. The first kappa shape index (κ1) is 10.8. The molecule has 0 saturated heterocycles. The van der Waals surface area contributed by atoms with Gasteiger partial charge in [0.25, 0.3) is 0 Å². The highest BCUT2D eigenvalue weighted by Gasteiger charge is 2.64. The zero-order chi connectivity index (χ0) is 11.6. The second kappa shape index (κ2) is 3.13. The van der Waals surface area contributed by atoms with Crippen molar-refractivity contribution in [2.24, 2.45) is 28.6 Å². The van der Waals surface area contributed by atoms with Gasteiger partial charge in [-0.2, -0.15) is 0 Å². The normalized spacial score (nSPS) is 55.0.